The van der Waals surface area contributed by atoms with E-state index in [0.717, 1.165) is 12.0 Å². The first kappa shape index (κ1) is 19.7. The number of hydrogen-bond acceptors (Lipinski definition) is 3. The summed E-state index contributed by atoms with van der Waals surface area (Å²) < 4.78 is 52.6. The minimum Gasteiger partial charge on any atom is -0.353 e. The van der Waals surface area contributed by atoms with Gasteiger partial charge in [0.25, 0.3) is 0 Å². The number of halogens is 4. The molecule has 1 aromatic carbocycles. The number of hydrogen-bond donors (Lipinski definition) is 0. The highest BCUT2D eigenvalue weighted by Gasteiger charge is 2.35. The summed E-state index contributed by atoms with van der Waals surface area (Å²) in [6.45, 7) is 1.91. The number of nitrogens with zero attached hydrogens (tertiary/aromatic N) is 3. The Bertz CT molecular complexity index is 915. The molecule has 1 unspecified atom stereocenters. The molecule has 1 fully saturated rings. The number of carbonyl (C=O) groups excluding carboxylic acids is 1. The van der Waals surface area contributed by atoms with Crippen molar-refractivity contribution in [3.05, 3.63) is 59.0 Å². The van der Waals surface area contributed by atoms with Gasteiger partial charge in [-0.2, -0.15) is 13.2 Å². The number of alkyl halides is 3. The molecule has 1 saturated heterocycles. The number of amides is 1. The van der Waals surface area contributed by atoms with E-state index in [1.54, 1.807) is 4.90 Å². The molecule has 0 bridgehead atoms. The highest BCUT2D eigenvalue weighted by molar-refractivity contribution is 5.80. The minimum atomic E-state index is -4.64. The Balaban J connectivity index is 1.47. The molecule has 0 spiro atoms. The van der Waals surface area contributed by atoms with Crippen LogP contribution in [0.3, 0.4) is 0 Å². The fourth-order valence-electron chi connectivity index (χ4n) is 4.13. The molecule has 1 aromatic heterocycles. The SMILES string of the molecule is O=C(C1CCCN(c2ncc(C(F)(F)F)cc2F)C1)N1CCc2ccccc2C1. The maximum Gasteiger partial charge on any atom is 0.417 e. The van der Waals surface area contributed by atoms with E-state index in [2.05, 4.69) is 11.1 Å². The van der Waals surface area contributed by atoms with Crippen LogP contribution in [0.2, 0.25) is 0 Å². The molecule has 2 aliphatic rings. The third kappa shape index (κ3) is 4.06. The highest BCUT2D eigenvalue weighted by Crippen LogP contribution is 2.32. The first-order valence-electron chi connectivity index (χ1n) is 9.66. The lowest BCUT2D eigenvalue weighted by molar-refractivity contribution is -0.138. The van der Waals surface area contributed by atoms with Crippen LogP contribution in [0, 0.1) is 11.7 Å². The van der Waals surface area contributed by atoms with Crippen molar-refractivity contribution in [1.29, 1.82) is 0 Å². The maximum absolute atomic E-state index is 14.3. The average Bonchev–Trinajstić information content (AvgIpc) is 2.72. The van der Waals surface area contributed by atoms with E-state index in [1.807, 2.05) is 23.1 Å². The molecule has 1 atom stereocenters. The first-order chi connectivity index (χ1) is 13.8. The summed E-state index contributed by atoms with van der Waals surface area (Å²) in [5.74, 6) is -1.45. The lowest BCUT2D eigenvalue weighted by Crippen LogP contribution is -2.46. The molecule has 0 N–H and O–H groups in total. The van der Waals surface area contributed by atoms with Crippen LogP contribution in [0.25, 0.3) is 0 Å². The largest absolute Gasteiger partial charge is 0.417 e. The Labute approximate surface area is 166 Å². The molecule has 2 aliphatic heterocycles. The topological polar surface area (TPSA) is 36.4 Å². The molecule has 4 nitrogen and oxygen atoms in total. The number of fused-ring (bicyclic) bond motifs is 1. The first-order valence-corrected chi connectivity index (χ1v) is 9.66. The smallest absolute Gasteiger partial charge is 0.353 e. The molecular weight excluding hydrogens is 386 g/mol. The van der Waals surface area contributed by atoms with Crippen molar-refractivity contribution in [2.45, 2.75) is 32.0 Å². The Morgan fingerprint density at radius 2 is 1.90 bits per heavy atom. The second kappa shape index (κ2) is 7.65. The van der Waals surface area contributed by atoms with E-state index in [0.29, 0.717) is 44.7 Å². The Morgan fingerprint density at radius 3 is 2.62 bits per heavy atom. The molecule has 2 aromatic rings. The predicted molar refractivity (Wildman–Crippen MR) is 99.7 cm³/mol. The molecule has 29 heavy (non-hydrogen) atoms. The van der Waals surface area contributed by atoms with Gasteiger partial charge >= 0.3 is 6.18 Å². The van der Waals surface area contributed by atoms with Gasteiger partial charge in [-0.05, 0) is 36.5 Å². The van der Waals surface area contributed by atoms with Gasteiger partial charge < -0.3 is 9.80 Å². The normalized spacial score (nSPS) is 19.8. The monoisotopic (exact) mass is 407 g/mol. The lowest BCUT2D eigenvalue weighted by atomic mass is 9.94. The minimum absolute atomic E-state index is 0.0107. The number of benzene rings is 1. The van der Waals surface area contributed by atoms with Crippen molar-refractivity contribution in [3.63, 3.8) is 0 Å². The quantitative estimate of drug-likeness (QED) is 0.705. The second-order valence-electron chi connectivity index (χ2n) is 7.59. The van der Waals surface area contributed by atoms with E-state index in [-0.39, 0.29) is 24.2 Å². The van der Waals surface area contributed by atoms with Crippen molar-refractivity contribution in [2.75, 3.05) is 24.5 Å². The summed E-state index contributed by atoms with van der Waals surface area (Å²) >= 11 is 0. The molecule has 8 heteroatoms. The van der Waals surface area contributed by atoms with Crippen LogP contribution in [0.15, 0.2) is 36.5 Å². The number of anilines is 1. The molecule has 1 amide bonds. The third-order valence-corrected chi connectivity index (χ3v) is 5.66. The standard InChI is InChI=1S/C21H21F4N3O/c22-18-10-17(21(23,24)25)11-26-19(18)27-8-3-6-16(13-27)20(29)28-9-7-14-4-1-2-5-15(14)12-28/h1-2,4-5,10-11,16H,3,6-9,12-13H2. The Morgan fingerprint density at radius 1 is 1.14 bits per heavy atom. The van der Waals surface area contributed by atoms with Crippen LogP contribution in [-0.2, 0) is 23.9 Å². The number of aromatic nitrogens is 1. The molecule has 154 valence electrons. The maximum atomic E-state index is 14.3. The summed E-state index contributed by atoms with van der Waals surface area (Å²) in [6.07, 6.45) is -1.87. The summed E-state index contributed by atoms with van der Waals surface area (Å²) in [6, 6.07) is 8.49. The fraction of sp³-hybridized carbons (Fsp3) is 0.429. The summed E-state index contributed by atoms with van der Waals surface area (Å²) in [4.78, 5) is 20.2. The van der Waals surface area contributed by atoms with Crippen molar-refractivity contribution < 1.29 is 22.4 Å². The van der Waals surface area contributed by atoms with Crippen LogP contribution < -0.4 is 4.90 Å². The third-order valence-electron chi connectivity index (χ3n) is 5.66. The van der Waals surface area contributed by atoms with E-state index in [9.17, 15) is 22.4 Å². The second-order valence-corrected chi connectivity index (χ2v) is 7.59. The van der Waals surface area contributed by atoms with Crippen molar-refractivity contribution >= 4 is 11.7 Å². The lowest BCUT2D eigenvalue weighted by Gasteiger charge is -2.37. The predicted octanol–water partition coefficient (Wildman–Crippen LogP) is 4.04. The zero-order chi connectivity index (χ0) is 20.6. The van der Waals surface area contributed by atoms with Gasteiger partial charge in [0.2, 0.25) is 5.91 Å². The van der Waals surface area contributed by atoms with Gasteiger partial charge in [0.05, 0.1) is 11.5 Å². The van der Waals surface area contributed by atoms with Crippen LogP contribution in [-0.4, -0.2) is 35.4 Å². The van der Waals surface area contributed by atoms with Gasteiger partial charge in [-0.3, -0.25) is 4.79 Å². The van der Waals surface area contributed by atoms with Gasteiger partial charge in [0.15, 0.2) is 11.6 Å². The van der Waals surface area contributed by atoms with Gasteiger partial charge in [-0.25, -0.2) is 9.37 Å². The summed E-state index contributed by atoms with van der Waals surface area (Å²) in [5.41, 5.74) is 1.27. The van der Waals surface area contributed by atoms with Crippen molar-refractivity contribution in [1.82, 2.24) is 9.88 Å². The van der Waals surface area contributed by atoms with Crippen LogP contribution in [0.5, 0.6) is 0 Å². The van der Waals surface area contributed by atoms with Crippen molar-refractivity contribution in [3.8, 4) is 0 Å². The van der Waals surface area contributed by atoms with Gasteiger partial charge in [-0.15, -0.1) is 0 Å². The molecule has 0 aliphatic carbocycles. The number of carbonyl (C=O) groups is 1. The average molecular weight is 407 g/mol. The number of rotatable bonds is 2. The molecule has 4 rings (SSSR count). The summed E-state index contributed by atoms with van der Waals surface area (Å²) in [5, 5.41) is 0. The van der Waals surface area contributed by atoms with E-state index in [1.165, 1.54) is 5.56 Å². The Hall–Kier alpha value is -2.64. The van der Waals surface area contributed by atoms with E-state index < -0.39 is 17.6 Å². The number of piperidine rings is 1. The Kier molecular flexibility index (Phi) is 5.19. The highest BCUT2D eigenvalue weighted by atomic mass is 19.4. The fourth-order valence-corrected chi connectivity index (χ4v) is 4.13. The van der Waals surface area contributed by atoms with Gasteiger partial charge in [0.1, 0.15) is 0 Å². The van der Waals surface area contributed by atoms with E-state index >= 15 is 0 Å². The molecule has 0 saturated carbocycles. The van der Waals surface area contributed by atoms with Crippen LogP contribution >= 0.6 is 0 Å². The van der Waals surface area contributed by atoms with Crippen LogP contribution in [0.4, 0.5) is 23.4 Å². The molecule has 0 radical (unpaired) electrons. The van der Waals surface area contributed by atoms with Crippen LogP contribution in [0.1, 0.15) is 29.5 Å². The zero-order valence-corrected chi connectivity index (χ0v) is 15.8. The van der Waals surface area contributed by atoms with Crippen molar-refractivity contribution in [2.24, 2.45) is 5.92 Å². The summed E-state index contributed by atoms with van der Waals surface area (Å²) in [7, 11) is 0. The zero-order valence-electron chi connectivity index (χ0n) is 15.8. The molecule has 3 heterocycles. The molecular formula is C21H21F4N3O. The number of pyridine rings is 1. The van der Waals surface area contributed by atoms with E-state index in [4.69, 9.17) is 0 Å². The van der Waals surface area contributed by atoms with Gasteiger partial charge in [0, 0.05) is 32.4 Å². The van der Waals surface area contributed by atoms with Gasteiger partial charge in [-0.1, -0.05) is 24.3 Å².